The van der Waals surface area contributed by atoms with E-state index >= 15 is 0 Å². The smallest absolute Gasteiger partial charge is 0.0631 e. The van der Waals surface area contributed by atoms with Crippen LogP contribution in [-0.4, -0.2) is 13.4 Å². The van der Waals surface area contributed by atoms with Crippen LogP contribution in [0.3, 0.4) is 0 Å². The van der Waals surface area contributed by atoms with Gasteiger partial charge in [0.2, 0.25) is 6.71 Å². The van der Waals surface area contributed by atoms with Crippen molar-refractivity contribution in [3.05, 3.63) is 143 Å². The van der Waals surface area contributed by atoms with E-state index in [0.717, 1.165) is 0 Å². The summed E-state index contributed by atoms with van der Waals surface area (Å²) in [5.41, 5.74) is 12.4. The first-order valence-corrected chi connectivity index (χ1v) is 16.2. The molecule has 39 heavy (non-hydrogen) atoms. The molecule has 0 spiro atoms. The molecule has 2 heteroatoms. The molecule has 5 rings (SSSR count). The normalized spacial score (nSPS) is 11.5. The number of benzene rings is 5. The first-order valence-electron chi connectivity index (χ1n) is 13.9. The van der Waals surface area contributed by atoms with E-state index in [9.17, 15) is 0 Å². The quantitative estimate of drug-likeness (QED) is 0.189. The van der Waals surface area contributed by atoms with Crippen LogP contribution in [0.25, 0.3) is 0 Å². The van der Waals surface area contributed by atoms with Crippen molar-refractivity contribution in [2.75, 3.05) is 6.66 Å². The number of aryl methyl sites for hydroxylation is 6. The summed E-state index contributed by atoms with van der Waals surface area (Å²) in [5.74, 6) is 0. The van der Waals surface area contributed by atoms with E-state index in [4.69, 9.17) is 0 Å². The average molecular weight is 526 g/mol. The van der Waals surface area contributed by atoms with Gasteiger partial charge in [-0.05, 0) is 77.3 Å². The van der Waals surface area contributed by atoms with Crippen LogP contribution >= 0.6 is 7.26 Å². The lowest BCUT2D eigenvalue weighted by molar-refractivity contribution is 1.34. The fourth-order valence-corrected chi connectivity index (χ4v) is 10.3. The fraction of sp³-hybridized carbons (Fsp3) is 0.189. The molecule has 0 bridgehead atoms. The maximum absolute atomic E-state index is 2.51. The van der Waals surface area contributed by atoms with Crippen molar-refractivity contribution in [3.63, 3.8) is 0 Å². The number of hydrogen-bond donors (Lipinski definition) is 0. The predicted octanol–water partition coefficient (Wildman–Crippen LogP) is 5.98. The van der Waals surface area contributed by atoms with Crippen molar-refractivity contribution in [2.24, 2.45) is 0 Å². The molecule has 194 valence electrons. The van der Waals surface area contributed by atoms with Gasteiger partial charge in [0.1, 0.15) is 17.9 Å². The van der Waals surface area contributed by atoms with Crippen LogP contribution in [0, 0.1) is 41.5 Å². The van der Waals surface area contributed by atoms with Gasteiger partial charge in [-0.3, -0.25) is 0 Å². The standard InChI is InChI=1S/C37H39BP/c1-26-22-28(3)36(29(4)23-26)38(37-30(5)24-27(2)25-31(37)6)34-20-14-15-21-35(34)39(7,32-16-10-8-11-17-32)33-18-12-9-13-19-33/h8-25H,1-7H3/q+1. The maximum atomic E-state index is 2.51. The lowest BCUT2D eigenvalue weighted by Crippen LogP contribution is -2.60. The van der Waals surface area contributed by atoms with E-state index < -0.39 is 7.26 Å². The third-order valence-electron chi connectivity index (χ3n) is 8.33. The molecule has 0 N–H and O–H groups in total. The van der Waals surface area contributed by atoms with Crippen LogP contribution in [0.4, 0.5) is 0 Å². The summed E-state index contributed by atoms with van der Waals surface area (Å²) in [6.07, 6.45) is 0. The minimum absolute atomic E-state index is 0.147. The minimum atomic E-state index is -1.94. The summed E-state index contributed by atoms with van der Waals surface area (Å²) in [6, 6.07) is 41.1. The molecule has 0 radical (unpaired) electrons. The van der Waals surface area contributed by atoms with E-state index in [1.807, 2.05) is 0 Å². The third kappa shape index (κ3) is 5.02. The lowest BCUT2D eigenvalue weighted by atomic mass is 9.34. The van der Waals surface area contributed by atoms with E-state index in [1.54, 1.807) is 0 Å². The molecule has 0 nitrogen and oxygen atoms in total. The van der Waals surface area contributed by atoms with E-state index in [0.29, 0.717) is 0 Å². The van der Waals surface area contributed by atoms with E-state index in [1.165, 1.54) is 65.7 Å². The lowest BCUT2D eigenvalue weighted by Gasteiger charge is -2.30. The molecular formula is C37H39BP+. The molecule has 0 atom stereocenters. The van der Waals surface area contributed by atoms with Gasteiger partial charge >= 0.3 is 0 Å². The van der Waals surface area contributed by atoms with Crippen LogP contribution in [0.5, 0.6) is 0 Å². The zero-order valence-electron chi connectivity index (χ0n) is 24.4. The molecule has 0 fully saturated rings. The molecule has 0 unspecified atom stereocenters. The molecule has 0 heterocycles. The van der Waals surface area contributed by atoms with E-state index in [-0.39, 0.29) is 6.71 Å². The van der Waals surface area contributed by atoms with Crippen LogP contribution < -0.4 is 32.3 Å². The summed E-state index contributed by atoms with van der Waals surface area (Å²) < 4.78 is 0. The molecule has 5 aromatic carbocycles. The van der Waals surface area contributed by atoms with Gasteiger partial charge in [-0.25, -0.2) is 0 Å². The maximum Gasteiger partial charge on any atom is 0.247 e. The summed E-state index contributed by atoms with van der Waals surface area (Å²) in [4.78, 5) is 0. The van der Waals surface area contributed by atoms with Crippen LogP contribution in [0.1, 0.15) is 33.4 Å². The second kappa shape index (κ2) is 11.0. The van der Waals surface area contributed by atoms with Crippen molar-refractivity contribution in [1.82, 2.24) is 0 Å². The summed E-state index contributed by atoms with van der Waals surface area (Å²) in [7, 11) is -1.94. The van der Waals surface area contributed by atoms with Gasteiger partial charge < -0.3 is 0 Å². The average Bonchev–Trinajstić information content (AvgIpc) is 2.92. The molecule has 0 saturated carbocycles. The highest BCUT2D eigenvalue weighted by Gasteiger charge is 2.44. The summed E-state index contributed by atoms with van der Waals surface area (Å²) in [5, 5.41) is 4.29. The Kier molecular flexibility index (Phi) is 7.66. The Bertz CT molecular complexity index is 1480. The predicted molar refractivity (Wildman–Crippen MR) is 177 cm³/mol. The van der Waals surface area contributed by atoms with Crippen molar-refractivity contribution in [2.45, 2.75) is 41.5 Å². The Morgan fingerprint density at radius 1 is 0.462 bits per heavy atom. The number of hydrogen-bond acceptors (Lipinski definition) is 0. The second-order valence-electron chi connectivity index (χ2n) is 11.3. The molecule has 0 saturated heterocycles. The summed E-state index contributed by atoms with van der Waals surface area (Å²) in [6.45, 7) is 16.3. The van der Waals surface area contributed by atoms with Crippen molar-refractivity contribution in [3.8, 4) is 0 Å². The molecule has 0 amide bonds. The molecule has 0 aromatic heterocycles. The first kappa shape index (κ1) is 27.2. The molecule has 0 aliphatic heterocycles. The van der Waals surface area contributed by atoms with Crippen molar-refractivity contribution < 1.29 is 0 Å². The van der Waals surface area contributed by atoms with E-state index in [2.05, 4.69) is 157 Å². The fourth-order valence-electron chi connectivity index (χ4n) is 6.77. The Balaban J connectivity index is 1.90. The zero-order chi connectivity index (χ0) is 27.7. The van der Waals surface area contributed by atoms with Crippen LogP contribution in [0.2, 0.25) is 0 Å². The van der Waals surface area contributed by atoms with Gasteiger partial charge in [0, 0.05) is 0 Å². The Morgan fingerprint density at radius 3 is 1.23 bits per heavy atom. The van der Waals surface area contributed by atoms with Crippen LogP contribution in [0.15, 0.2) is 109 Å². The minimum Gasteiger partial charge on any atom is -0.0631 e. The monoisotopic (exact) mass is 525 g/mol. The van der Waals surface area contributed by atoms with Crippen molar-refractivity contribution >= 4 is 46.3 Å². The molecule has 5 aromatic rings. The highest BCUT2D eigenvalue weighted by atomic mass is 31.2. The SMILES string of the molecule is Cc1cc(C)c(B(c2ccccc2[P+](C)(c2ccccc2)c2ccccc2)c2c(C)cc(C)cc2C)c(C)c1. The van der Waals surface area contributed by atoms with Gasteiger partial charge in [0.25, 0.3) is 0 Å². The van der Waals surface area contributed by atoms with Gasteiger partial charge in [0.15, 0.2) is 0 Å². The number of rotatable bonds is 6. The molecular weight excluding hydrogens is 486 g/mol. The Morgan fingerprint density at radius 2 is 0.821 bits per heavy atom. The molecule has 0 aliphatic carbocycles. The molecule has 0 aliphatic rings. The van der Waals surface area contributed by atoms with Gasteiger partial charge in [-0.2, -0.15) is 0 Å². The summed E-state index contributed by atoms with van der Waals surface area (Å²) >= 11 is 0. The second-order valence-corrected chi connectivity index (χ2v) is 14.8. The highest BCUT2D eigenvalue weighted by Crippen LogP contribution is 2.51. The van der Waals surface area contributed by atoms with Gasteiger partial charge in [-0.1, -0.05) is 123 Å². The third-order valence-corrected chi connectivity index (χ3v) is 12.4. The Labute approximate surface area is 236 Å². The van der Waals surface area contributed by atoms with Crippen LogP contribution in [-0.2, 0) is 0 Å². The van der Waals surface area contributed by atoms with Crippen molar-refractivity contribution in [1.29, 1.82) is 0 Å². The van der Waals surface area contributed by atoms with Gasteiger partial charge in [-0.15, -0.1) is 0 Å². The Hall–Kier alpha value is -3.41. The van der Waals surface area contributed by atoms with Gasteiger partial charge in [0.05, 0.1) is 12.0 Å². The highest BCUT2D eigenvalue weighted by molar-refractivity contribution is 7.95. The zero-order valence-corrected chi connectivity index (χ0v) is 25.3. The first-order chi connectivity index (χ1) is 18.7. The topological polar surface area (TPSA) is 0 Å². The largest absolute Gasteiger partial charge is 0.247 e.